The minimum Gasteiger partial charge on any atom is -0.478 e. The van der Waals surface area contributed by atoms with Gasteiger partial charge in [-0.05, 0) is 25.1 Å². The van der Waals surface area contributed by atoms with Crippen LogP contribution < -0.4 is 0 Å². The molecule has 0 spiro atoms. The van der Waals surface area contributed by atoms with Crippen molar-refractivity contribution >= 4 is 34.5 Å². The topological polar surface area (TPSA) is 105 Å². The molecule has 1 atom stereocenters. The quantitative estimate of drug-likeness (QED) is 0.196. The third-order valence-corrected chi connectivity index (χ3v) is 4.23. The number of carbonyl (C=O) groups is 3. The zero-order valence-electron chi connectivity index (χ0n) is 17.6. The second-order valence-electron chi connectivity index (χ2n) is 6.19. The van der Waals surface area contributed by atoms with E-state index in [-0.39, 0.29) is 30.2 Å². The van der Waals surface area contributed by atoms with Crippen LogP contribution >= 0.6 is 0 Å². The van der Waals surface area contributed by atoms with E-state index in [0.717, 1.165) is 0 Å². The Kier molecular flexibility index (Phi) is 8.44. The molecule has 0 radical (unpaired) electrons. The molecule has 1 aromatic carbocycles. The van der Waals surface area contributed by atoms with E-state index in [1.54, 1.807) is 13.0 Å². The predicted molar refractivity (Wildman–Crippen MR) is 109 cm³/mol. The lowest BCUT2D eigenvalue weighted by molar-refractivity contribution is -0.147. The summed E-state index contributed by atoms with van der Waals surface area (Å²) in [5.41, 5.74) is 0.573. The SMILES string of the molecule is C/C=C\C(N=C(OC)C(=O)c1cn(COCC(=O)OC)c2ccc(F)cc12)C(=O)OC. The first-order chi connectivity index (χ1) is 14.9. The number of rotatable bonds is 9. The fourth-order valence-electron chi connectivity index (χ4n) is 2.77. The maximum absolute atomic E-state index is 13.9. The van der Waals surface area contributed by atoms with Crippen LogP contribution in [0.2, 0.25) is 0 Å². The summed E-state index contributed by atoms with van der Waals surface area (Å²) in [6.07, 6.45) is 4.46. The molecule has 0 aliphatic heterocycles. The Labute approximate surface area is 178 Å². The van der Waals surface area contributed by atoms with E-state index < -0.39 is 29.6 Å². The van der Waals surface area contributed by atoms with E-state index in [4.69, 9.17) is 9.47 Å². The van der Waals surface area contributed by atoms with E-state index in [0.29, 0.717) is 5.52 Å². The fourth-order valence-corrected chi connectivity index (χ4v) is 2.77. The Morgan fingerprint density at radius 2 is 1.90 bits per heavy atom. The van der Waals surface area contributed by atoms with Gasteiger partial charge in [0.05, 0.1) is 32.4 Å². The van der Waals surface area contributed by atoms with E-state index >= 15 is 0 Å². The first kappa shape index (κ1) is 23.7. The summed E-state index contributed by atoms with van der Waals surface area (Å²) in [5.74, 6) is -2.81. The number of hydrogen-bond acceptors (Lipinski definition) is 8. The third-order valence-electron chi connectivity index (χ3n) is 4.23. The number of fused-ring (bicyclic) bond motifs is 1. The molecule has 31 heavy (non-hydrogen) atoms. The summed E-state index contributed by atoms with van der Waals surface area (Å²) in [4.78, 5) is 40.3. The van der Waals surface area contributed by atoms with Gasteiger partial charge < -0.3 is 23.5 Å². The zero-order valence-corrected chi connectivity index (χ0v) is 17.6. The van der Waals surface area contributed by atoms with E-state index in [1.807, 2.05) is 0 Å². The highest BCUT2D eigenvalue weighted by molar-refractivity contribution is 6.45. The van der Waals surface area contributed by atoms with Gasteiger partial charge in [0.15, 0.2) is 6.04 Å². The van der Waals surface area contributed by atoms with Crippen molar-refractivity contribution in [3.63, 3.8) is 0 Å². The molecular weight excluding hydrogens is 411 g/mol. The molecule has 9 nitrogen and oxygen atoms in total. The molecule has 0 amide bonds. The van der Waals surface area contributed by atoms with E-state index in [1.165, 1.54) is 56.4 Å². The van der Waals surface area contributed by atoms with Crippen molar-refractivity contribution in [2.45, 2.75) is 19.7 Å². The van der Waals surface area contributed by atoms with Gasteiger partial charge in [-0.25, -0.2) is 19.0 Å². The first-order valence-electron chi connectivity index (χ1n) is 9.16. The van der Waals surface area contributed by atoms with Crippen molar-refractivity contribution in [2.24, 2.45) is 4.99 Å². The van der Waals surface area contributed by atoms with Crippen LogP contribution in [0.1, 0.15) is 17.3 Å². The van der Waals surface area contributed by atoms with Gasteiger partial charge in [0.25, 0.3) is 5.90 Å². The minimum atomic E-state index is -1.08. The molecule has 2 rings (SSSR count). The van der Waals surface area contributed by atoms with Gasteiger partial charge >= 0.3 is 11.9 Å². The molecule has 0 aliphatic rings. The molecule has 2 aromatic rings. The van der Waals surface area contributed by atoms with Gasteiger partial charge in [-0.1, -0.05) is 12.2 Å². The van der Waals surface area contributed by atoms with Crippen molar-refractivity contribution < 1.29 is 37.7 Å². The van der Waals surface area contributed by atoms with Gasteiger partial charge in [0.1, 0.15) is 19.2 Å². The lowest BCUT2D eigenvalue weighted by Gasteiger charge is -2.08. The summed E-state index contributed by atoms with van der Waals surface area (Å²) in [7, 11) is 3.67. The van der Waals surface area contributed by atoms with Crippen LogP contribution in [0.3, 0.4) is 0 Å². The number of methoxy groups -OCH3 is 3. The van der Waals surface area contributed by atoms with Crippen LogP contribution in [-0.2, 0) is 35.3 Å². The summed E-state index contributed by atoms with van der Waals surface area (Å²) >= 11 is 0. The van der Waals surface area contributed by atoms with Crippen molar-refractivity contribution in [1.29, 1.82) is 0 Å². The molecule has 0 saturated heterocycles. The fraction of sp³-hybridized carbons (Fsp3) is 0.333. The maximum atomic E-state index is 13.9. The number of Topliss-reactive ketones (excluding diaryl/α,β-unsaturated/α-hetero) is 1. The number of ketones is 1. The summed E-state index contributed by atoms with van der Waals surface area (Å²) < 4.78 is 35.0. The Morgan fingerprint density at radius 1 is 1.16 bits per heavy atom. The highest BCUT2D eigenvalue weighted by atomic mass is 19.1. The number of nitrogens with zero attached hydrogens (tertiary/aromatic N) is 2. The average molecular weight is 434 g/mol. The predicted octanol–water partition coefficient (Wildman–Crippen LogP) is 2.27. The molecule has 0 saturated carbocycles. The van der Waals surface area contributed by atoms with Crippen LogP contribution in [0.25, 0.3) is 10.9 Å². The van der Waals surface area contributed by atoms with Gasteiger partial charge in [-0.15, -0.1) is 0 Å². The number of ether oxygens (including phenoxy) is 4. The Balaban J connectivity index is 2.46. The molecule has 0 aliphatic carbocycles. The van der Waals surface area contributed by atoms with Crippen molar-refractivity contribution in [3.8, 4) is 0 Å². The monoisotopic (exact) mass is 434 g/mol. The number of aromatic nitrogens is 1. The number of allylic oxidation sites excluding steroid dienone is 1. The Morgan fingerprint density at radius 3 is 2.52 bits per heavy atom. The van der Waals surface area contributed by atoms with E-state index in [9.17, 15) is 18.8 Å². The standard InChI is InChI=1S/C21H23FN2O7/c1-5-6-16(21(27)30-4)23-20(29-3)19(26)15-10-24(12-31-11-18(25)28-2)17-8-7-13(22)9-14(15)17/h5-10,16H,11-12H2,1-4H3/b6-5-,23-20?. The van der Waals surface area contributed by atoms with Crippen molar-refractivity contribution in [1.82, 2.24) is 4.57 Å². The second-order valence-corrected chi connectivity index (χ2v) is 6.19. The van der Waals surface area contributed by atoms with Crippen LogP contribution in [-0.4, -0.2) is 62.2 Å². The highest BCUT2D eigenvalue weighted by Gasteiger charge is 2.24. The number of benzene rings is 1. The molecular formula is C21H23FN2O7. The number of carbonyl (C=O) groups excluding carboxylic acids is 3. The van der Waals surface area contributed by atoms with Crippen LogP contribution in [0.4, 0.5) is 4.39 Å². The molecule has 0 N–H and O–H groups in total. The average Bonchev–Trinajstić information content (AvgIpc) is 3.12. The molecule has 10 heteroatoms. The molecule has 1 heterocycles. The zero-order chi connectivity index (χ0) is 23.0. The highest BCUT2D eigenvalue weighted by Crippen LogP contribution is 2.24. The van der Waals surface area contributed by atoms with E-state index in [2.05, 4.69) is 14.5 Å². The largest absolute Gasteiger partial charge is 0.478 e. The Hall–Kier alpha value is -3.53. The number of hydrogen-bond donors (Lipinski definition) is 0. The van der Waals surface area contributed by atoms with Gasteiger partial charge in [0.2, 0.25) is 5.78 Å². The van der Waals surface area contributed by atoms with Crippen LogP contribution in [0.5, 0.6) is 0 Å². The molecule has 1 aromatic heterocycles. The second kappa shape index (κ2) is 11.0. The molecule has 166 valence electrons. The number of aliphatic imine (C=N–C) groups is 1. The van der Waals surface area contributed by atoms with Crippen molar-refractivity contribution in [3.05, 3.63) is 47.9 Å². The molecule has 1 unspecified atom stereocenters. The van der Waals surface area contributed by atoms with Gasteiger partial charge in [-0.3, -0.25) is 4.79 Å². The first-order valence-corrected chi connectivity index (χ1v) is 9.16. The summed E-state index contributed by atoms with van der Waals surface area (Å²) in [5, 5.41) is 0.289. The Bertz CT molecular complexity index is 1030. The summed E-state index contributed by atoms with van der Waals surface area (Å²) in [6.45, 7) is 1.30. The van der Waals surface area contributed by atoms with Crippen molar-refractivity contribution in [2.75, 3.05) is 27.9 Å². The molecule has 0 bridgehead atoms. The lowest BCUT2D eigenvalue weighted by Crippen LogP contribution is -2.24. The molecule has 0 fully saturated rings. The number of esters is 2. The van der Waals surface area contributed by atoms with Crippen LogP contribution in [0, 0.1) is 5.82 Å². The minimum absolute atomic E-state index is 0.0841. The lowest BCUT2D eigenvalue weighted by atomic mass is 10.1. The van der Waals surface area contributed by atoms with Gasteiger partial charge in [-0.2, -0.15) is 0 Å². The smallest absolute Gasteiger partial charge is 0.334 e. The summed E-state index contributed by atoms with van der Waals surface area (Å²) in [6, 6.07) is 2.82. The normalized spacial score (nSPS) is 12.7. The number of halogens is 1. The van der Waals surface area contributed by atoms with Crippen LogP contribution in [0.15, 0.2) is 41.5 Å². The third kappa shape index (κ3) is 5.76. The van der Waals surface area contributed by atoms with Gasteiger partial charge in [0, 0.05) is 11.6 Å². The maximum Gasteiger partial charge on any atom is 0.334 e.